The smallest absolute Gasteiger partial charge is 0.309 e. The monoisotopic (exact) mass is 653 g/mol. The Morgan fingerprint density at radius 3 is 2.10 bits per heavy atom. The Morgan fingerprint density at radius 1 is 0.833 bits per heavy atom. The van der Waals surface area contributed by atoms with Crippen LogP contribution in [0.15, 0.2) is 60.7 Å². The summed E-state index contributed by atoms with van der Waals surface area (Å²) in [6.07, 6.45) is 5.63. The topological polar surface area (TPSA) is 76.1 Å². The van der Waals surface area contributed by atoms with Gasteiger partial charge in [-0.25, -0.2) is 0 Å². The number of nitrogens with zero attached hydrogens (tertiary/aromatic N) is 1. The second-order valence-corrected chi connectivity index (χ2v) is 15.0. The summed E-state index contributed by atoms with van der Waals surface area (Å²) in [5.74, 6) is 0.0741. The van der Waals surface area contributed by atoms with Crippen molar-refractivity contribution in [2.75, 3.05) is 26.3 Å². The maximum atomic E-state index is 14.1. The van der Waals surface area contributed by atoms with Gasteiger partial charge in [-0.15, -0.1) is 0 Å². The number of carbonyl (C=O) groups excluding carboxylic acids is 1. The molecule has 0 saturated carbocycles. The van der Waals surface area contributed by atoms with Crippen molar-refractivity contribution < 1.29 is 24.2 Å². The molecule has 0 radical (unpaired) electrons. The lowest BCUT2D eigenvalue weighted by atomic mass is 9.82. The van der Waals surface area contributed by atoms with Gasteiger partial charge in [-0.2, -0.15) is 0 Å². The molecule has 1 aliphatic heterocycles. The Balaban J connectivity index is 1.44. The highest BCUT2D eigenvalue weighted by atomic mass is 16.5. The third-order valence-corrected chi connectivity index (χ3v) is 9.84. The zero-order chi connectivity index (χ0) is 34.4. The van der Waals surface area contributed by atoms with E-state index < -0.39 is 17.9 Å². The lowest BCUT2D eigenvalue weighted by Crippen LogP contribution is -2.33. The molecule has 6 nitrogen and oxygen atoms in total. The van der Waals surface area contributed by atoms with Crippen molar-refractivity contribution in [1.82, 2.24) is 4.90 Å². The highest BCUT2D eigenvalue weighted by molar-refractivity contribution is 5.84. The first-order valence-electron chi connectivity index (χ1n) is 18.0. The van der Waals surface area contributed by atoms with Crippen LogP contribution in [0.1, 0.15) is 98.9 Å². The van der Waals surface area contributed by atoms with Crippen molar-refractivity contribution in [2.45, 2.75) is 98.1 Å². The first kappa shape index (κ1) is 35.8. The summed E-state index contributed by atoms with van der Waals surface area (Å²) in [6, 6.07) is 20.4. The average Bonchev–Trinajstić information content (AvgIpc) is 3.65. The van der Waals surface area contributed by atoms with E-state index in [1.807, 2.05) is 38.1 Å². The van der Waals surface area contributed by atoms with Gasteiger partial charge in [0.15, 0.2) is 5.78 Å². The van der Waals surface area contributed by atoms with Gasteiger partial charge in [0.25, 0.3) is 0 Å². The lowest BCUT2D eigenvalue weighted by Gasteiger charge is -2.27. The Kier molecular flexibility index (Phi) is 12.1. The van der Waals surface area contributed by atoms with Crippen LogP contribution in [0.5, 0.6) is 5.75 Å². The number of hydrogen-bond donors (Lipinski definition) is 1. The van der Waals surface area contributed by atoms with E-state index in [1.54, 1.807) is 0 Å². The number of aliphatic carboxylic acids is 1. The largest absolute Gasteiger partial charge is 0.491 e. The summed E-state index contributed by atoms with van der Waals surface area (Å²) in [4.78, 5) is 29.4. The number of rotatable bonds is 16. The predicted octanol–water partition coefficient (Wildman–Crippen LogP) is 8.03. The van der Waals surface area contributed by atoms with Crippen molar-refractivity contribution in [1.29, 1.82) is 0 Å². The van der Waals surface area contributed by atoms with Crippen molar-refractivity contribution in [2.24, 2.45) is 17.8 Å². The molecule has 0 spiro atoms. The van der Waals surface area contributed by atoms with Crippen molar-refractivity contribution in [3.8, 4) is 5.75 Å². The molecule has 1 heterocycles. The van der Waals surface area contributed by atoms with E-state index in [-0.39, 0.29) is 24.3 Å². The van der Waals surface area contributed by atoms with E-state index in [0.29, 0.717) is 43.8 Å². The number of aryl methyl sites for hydroxylation is 2. The van der Waals surface area contributed by atoms with E-state index in [0.717, 1.165) is 48.8 Å². The highest BCUT2D eigenvalue weighted by Crippen LogP contribution is 2.47. The number of fused-ring (bicyclic) bond motifs is 1. The molecule has 0 amide bonds. The van der Waals surface area contributed by atoms with Crippen LogP contribution in [-0.2, 0) is 46.4 Å². The second kappa shape index (κ2) is 16.3. The molecule has 0 unspecified atom stereocenters. The molecule has 6 heteroatoms. The fraction of sp³-hybridized carbons (Fsp3) is 0.524. The molecule has 0 aromatic heterocycles. The summed E-state index contributed by atoms with van der Waals surface area (Å²) >= 11 is 0. The van der Waals surface area contributed by atoms with Gasteiger partial charge in [0, 0.05) is 24.9 Å². The minimum absolute atomic E-state index is 0.130. The van der Waals surface area contributed by atoms with E-state index in [9.17, 15) is 14.7 Å². The lowest BCUT2D eigenvalue weighted by molar-refractivity contribution is -0.143. The number of benzene rings is 3. The van der Waals surface area contributed by atoms with E-state index in [2.05, 4.69) is 69.0 Å². The molecule has 2 aliphatic rings. The molecule has 0 bridgehead atoms. The molecule has 3 atom stereocenters. The summed E-state index contributed by atoms with van der Waals surface area (Å²) in [6.45, 7) is 14.5. The van der Waals surface area contributed by atoms with Gasteiger partial charge < -0.3 is 14.6 Å². The predicted molar refractivity (Wildman–Crippen MR) is 192 cm³/mol. The van der Waals surface area contributed by atoms with Gasteiger partial charge in [0.1, 0.15) is 12.4 Å². The Morgan fingerprint density at radius 2 is 1.48 bits per heavy atom. The fourth-order valence-corrected chi connectivity index (χ4v) is 7.81. The summed E-state index contributed by atoms with van der Waals surface area (Å²) in [5.41, 5.74) is 8.34. The van der Waals surface area contributed by atoms with Crippen LogP contribution in [0.2, 0.25) is 0 Å². The normalized spacial score (nSPS) is 19.4. The van der Waals surface area contributed by atoms with Gasteiger partial charge >= 0.3 is 5.97 Å². The molecule has 1 N–H and O–H groups in total. The van der Waals surface area contributed by atoms with Crippen LogP contribution in [0.4, 0.5) is 0 Å². The van der Waals surface area contributed by atoms with Gasteiger partial charge in [-0.05, 0) is 109 Å². The van der Waals surface area contributed by atoms with Crippen molar-refractivity contribution in [3.63, 3.8) is 0 Å². The number of likely N-dealkylation sites (tertiary alicyclic amines) is 1. The summed E-state index contributed by atoms with van der Waals surface area (Å²) in [7, 11) is 0. The van der Waals surface area contributed by atoms with Gasteiger partial charge in [0.05, 0.1) is 25.2 Å². The first-order chi connectivity index (χ1) is 23.0. The van der Waals surface area contributed by atoms with Crippen molar-refractivity contribution in [3.05, 3.63) is 99.6 Å². The number of ether oxygens (including phenoxy) is 2. The number of carboxylic acids is 1. The van der Waals surface area contributed by atoms with Crippen LogP contribution in [0.3, 0.4) is 0 Å². The zero-order valence-corrected chi connectivity index (χ0v) is 29.8. The maximum Gasteiger partial charge on any atom is 0.309 e. The number of hydrogen-bond acceptors (Lipinski definition) is 5. The fourth-order valence-electron chi connectivity index (χ4n) is 7.81. The van der Waals surface area contributed by atoms with Gasteiger partial charge in [-0.1, -0.05) is 76.2 Å². The molecular weight excluding hydrogens is 598 g/mol. The van der Waals surface area contributed by atoms with Crippen LogP contribution in [0.25, 0.3) is 0 Å². The number of carbonyl (C=O) groups is 2. The van der Waals surface area contributed by atoms with E-state index >= 15 is 0 Å². The molecule has 3 aromatic rings. The van der Waals surface area contributed by atoms with Crippen LogP contribution in [0, 0.1) is 17.8 Å². The Hall–Kier alpha value is -3.48. The standard InChI is InChI=1S/C42H55NO5/c1-27(2)21-33-11-8-12-34(22-28(3)4)38(33)24-36(44)25-43-26-39(35-14-13-30-9-7-10-32(30)23-35)40(42(45)46)41(43)31-15-17-37(18-16-31)48-20-19-47-29(5)6/h8,11-18,23,27-29,39-41H,7,9-10,19-22,24-26H2,1-6H3,(H,45,46)/t39-,40-,41+/m1/s1. The third-order valence-electron chi connectivity index (χ3n) is 9.84. The van der Waals surface area contributed by atoms with Crippen LogP contribution >= 0.6 is 0 Å². The van der Waals surface area contributed by atoms with Crippen LogP contribution in [-0.4, -0.2) is 54.2 Å². The number of Topliss-reactive ketones (excluding diaryl/α,β-unsaturated/α-hetero) is 1. The molecule has 1 fully saturated rings. The zero-order valence-electron chi connectivity index (χ0n) is 29.8. The number of carboxylic acid groups (broad SMARTS) is 1. The molecule has 258 valence electrons. The van der Waals surface area contributed by atoms with E-state index in [1.165, 1.54) is 22.3 Å². The SMILES string of the molecule is CC(C)Cc1cccc(CC(C)C)c1CC(=O)CN1C[C@H](c2ccc3c(c2)CCC3)[C@@H](C(=O)O)[C@@H]1c1ccc(OCCOC(C)C)cc1. The Bertz CT molecular complexity index is 1510. The third kappa shape index (κ3) is 8.95. The van der Waals surface area contributed by atoms with Gasteiger partial charge in [0.2, 0.25) is 0 Å². The molecule has 5 rings (SSSR count). The van der Waals surface area contributed by atoms with E-state index in [4.69, 9.17) is 9.47 Å². The second-order valence-electron chi connectivity index (χ2n) is 15.0. The average molecular weight is 654 g/mol. The quantitative estimate of drug-likeness (QED) is 0.158. The number of ketones is 1. The summed E-state index contributed by atoms with van der Waals surface area (Å²) in [5, 5.41) is 10.8. The van der Waals surface area contributed by atoms with Crippen LogP contribution < -0.4 is 4.74 Å². The minimum atomic E-state index is -0.826. The van der Waals surface area contributed by atoms with Crippen molar-refractivity contribution >= 4 is 11.8 Å². The molecule has 48 heavy (non-hydrogen) atoms. The van der Waals surface area contributed by atoms with Gasteiger partial charge in [-0.3, -0.25) is 14.5 Å². The maximum absolute atomic E-state index is 14.1. The molecular formula is C42H55NO5. The first-order valence-corrected chi connectivity index (χ1v) is 18.0. The molecule has 1 saturated heterocycles. The molecule has 1 aliphatic carbocycles. The molecule has 3 aromatic carbocycles. The summed E-state index contributed by atoms with van der Waals surface area (Å²) < 4.78 is 11.5. The Labute approximate surface area is 287 Å². The minimum Gasteiger partial charge on any atom is -0.491 e. The highest BCUT2D eigenvalue weighted by Gasteiger charge is 2.48.